The normalized spacial score (nSPS) is 21.2. The van der Waals surface area contributed by atoms with Gasteiger partial charge in [0.15, 0.2) is 5.69 Å². The van der Waals surface area contributed by atoms with Crippen LogP contribution in [0, 0.1) is 5.41 Å². The molecule has 174 valence electrons. The number of ether oxygens (including phenoxy) is 1. The van der Waals surface area contributed by atoms with Gasteiger partial charge in [-0.25, -0.2) is 4.39 Å². The number of carbonyl (C=O) groups is 3. The fourth-order valence-electron chi connectivity index (χ4n) is 3.92. The summed E-state index contributed by atoms with van der Waals surface area (Å²) in [6.45, 7) is 6.01. The Labute approximate surface area is 186 Å². The van der Waals surface area contributed by atoms with E-state index < -0.39 is 36.0 Å². The number of alkyl halides is 1. The average Bonchev–Trinajstić information content (AvgIpc) is 3.25. The number of nitrogens with zero attached hydrogens (tertiary/aromatic N) is 3. The summed E-state index contributed by atoms with van der Waals surface area (Å²) in [5.74, 6) is -1.68. The van der Waals surface area contributed by atoms with Crippen molar-refractivity contribution in [3.63, 3.8) is 0 Å². The zero-order chi connectivity index (χ0) is 23.6. The molecule has 1 aliphatic rings. The first kappa shape index (κ1) is 23.6. The van der Waals surface area contributed by atoms with Crippen molar-refractivity contribution in [3.05, 3.63) is 30.0 Å². The van der Waals surface area contributed by atoms with Crippen LogP contribution in [0.3, 0.4) is 0 Å². The van der Waals surface area contributed by atoms with Gasteiger partial charge in [0.1, 0.15) is 24.9 Å². The van der Waals surface area contributed by atoms with E-state index in [1.165, 1.54) is 16.7 Å². The summed E-state index contributed by atoms with van der Waals surface area (Å²) in [6.07, 6.45) is -1.84. The van der Waals surface area contributed by atoms with E-state index in [9.17, 15) is 18.8 Å². The van der Waals surface area contributed by atoms with Crippen molar-refractivity contribution in [2.75, 3.05) is 20.2 Å². The van der Waals surface area contributed by atoms with Crippen molar-refractivity contribution in [2.24, 2.45) is 11.1 Å². The molecule has 0 unspecified atom stereocenters. The van der Waals surface area contributed by atoms with Crippen molar-refractivity contribution in [3.8, 4) is 0 Å². The molecule has 1 aromatic heterocycles. The number of fused-ring (bicyclic) bond motifs is 1. The molecule has 1 aromatic carbocycles. The number of amides is 3. The van der Waals surface area contributed by atoms with Crippen molar-refractivity contribution in [1.29, 1.82) is 0 Å². The quantitative estimate of drug-likeness (QED) is 0.662. The van der Waals surface area contributed by atoms with E-state index >= 15 is 0 Å². The van der Waals surface area contributed by atoms with Gasteiger partial charge in [-0.15, -0.1) is 0 Å². The second kappa shape index (κ2) is 9.23. The summed E-state index contributed by atoms with van der Waals surface area (Å²) in [5, 5.41) is 7.49. The fraction of sp³-hybridized carbons (Fsp3) is 0.545. The van der Waals surface area contributed by atoms with Crippen LogP contribution in [0.25, 0.3) is 10.9 Å². The molecule has 9 nitrogen and oxygen atoms in total. The lowest BCUT2D eigenvalue weighted by molar-refractivity contribution is -0.141. The van der Waals surface area contributed by atoms with Crippen LogP contribution in [0.15, 0.2) is 24.3 Å². The second-order valence-electron chi connectivity index (χ2n) is 9.20. The summed E-state index contributed by atoms with van der Waals surface area (Å²) in [5.41, 5.74) is 6.01. The van der Waals surface area contributed by atoms with Gasteiger partial charge in [-0.3, -0.25) is 19.1 Å². The van der Waals surface area contributed by atoms with E-state index in [0.29, 0.717) is 17.4 Å². The van der Waals surface area contributed by atoms with E-state index in [4.69, 9.17) is 10.5 Å². The van der Waals surface area contributed by atoms with E-state index in [0.717, 1.165) is 6.42 Å². The molecule has 32 heavy (non-hydrogen) atoms. The highest BCUT2D eigenvalue weighted by Crippen LogP contribution is 2.26. The summed E-state index contributed by atoms with van der Waals surface area (Å²) in [6, 6.07) is 5.77. The Morgan fingerprint density at radius 3 is 2.59 bits per heavy atom. The number of methoxy groups -OCH3 is 1. The van der Waals surface area contributed by atoms with Gasteiger partial charge in [-0.05, 0) is 17.9 Å². The first-order chi connectivity index (χ1) is 15.0. The lowest BCUT2D eigenvalue weighted by Crippen LogP contribution is -2.52. The van der Waals surface area contributed by atoms with Gasteiger partial charge in [0.25, 0.3) is 5.91 Å². The Bertz CT molecular complexity index is 1020. The number of benzene rings is 1. The molecular weight excluding hydrogens is 417 g/mol. The van der Waals surface area contributed by atoms with E-state index in [-0.39, 0.29) is 24.2 Å². The highest BCUT2D eigenvalue weighted by Gasteiger charge is 2.48. The summed E-state index contributed by atoms with van der Waals surface area (Å²) < 4.78 is 21.2. The van der Waals surface area contributed by atoms with Crippen LogP contribution < -0.4 is 11.1 Å². The molecule has 1 fully saturated rings. The maximum Gasteiger partial charge on any atom is 0.269 e. The van der Waals surface area contributed by atoms with Crippen LogP contribution in [-0.2, 0) is 20.9 Å². The number of aromatic nitrogens is 2. The molecule has 2 heterocycles. The minimum Gasteiger partial charge on any atom is -0.376 e. The number of rotatable bonds is 7. The van der Waals surface area contributed by atoms with Gasteiger partial charge < -0.3 is 20.7 Å². The molecule has 1 saturated heterocycles. The predicted octanol–water partition coefficient (Wildman–Crippen LogP) is 1.25. The van der Waals surface area contributed by atoms with E-state index in [1.54, 1.807) is 24.3 Å². The number of halogens is 1. The third kappa shape index (κ3) is 4.90. The lowest BCUT2D eigenvalue weighted by Gasteiger charge is -2.27. The SMILES string of the molecule is CO[C@H]1[C@@H](C(=O)NCCC(C)(C)C)N(C(=O)Cn2nc(C(N)=O)c3ccccc32)C[C@@H]1F. The van der Waals surface area contributed by atoms with Crippen molar-refractivity contribution >= 4 is 28.6 Å². The van der Waals surface area contributed by atoms with Crippen LogP contribution in [0.1, 0.15) is 37.7 Å². The summed E-state index contributed by atoms with van der Waals surface area (Å²) >= 11 is 0. The fourth-order valence-corrected chi connectivity index (χ4v) is 3.92. The molecule has 0 saturated carbocycles. The highest BCUT2D eigenvalue weighted by atomic mass is 19.1. The van der Waals surface area contributed by atoms with Gasteiger partial charge in [-0.2, -0.15) is 5.10 Å². The van der Waals surface area contributed by atoms with Crippen LogP contribution >= 0.6 is 0 Å². The molecule has 0 radical (unpaired) electrons. The summed E-state index contributed by atoms with van der Waals surface area (Å²) in [4.78, 5) is 38.9. The second-order valence-corrected chi connectivity index (χ2v) is 9.20. The third-order valence-electron chi connectivity index (χ3n) is 5.59. The number of para-hydroxylation sites is 1. The van der Waals surface area contributed by atoms with Gasteiger partial charge in [0, 0.05) is 19.0 Å². The van der Waals surface area contributed by atoms with E-state index in [2.05, 4.69) is 31.2 Å². The minimum absolute atomic E-state index is 0.0149. The van der Waals surface area contributed by atoms with Crippen molar-refractivity contribution in [1.82, 2.24) is 20.0 Å². The highest BCUT2D eigenvalue weighted by molar-refractivity contribution is 6.04. The molecular formula is C22H30FN5O4. The number of likely N-dealkylation sites (tertiary alicyclic amines) is 1. The molecule has 0 bridgehead atoms. The zero-order valence-electron chi connectivity index (χ0n) is 18.8. The Kier molecular flexibility index (Phi) is 6.82. The third-order valence-corrected chi connectivity index (χ3v) is 5.59. The predicted molar refractivity (Wildman–Crippen MR) is 117 cm³/mol. The average molecular weight is 448 g/mol. The lowest BCUT2D eigenvalue weighted by atomic mass is 9.92. The minimum atomic E-state index is -1.50. The smallest absolute Gasteiger partial charge is 0.269 e. The number of hydrogen-bond donors (Lipinski definition) is 2. The van der Waals surface area contributed by atoms with Crippen LogP contribution in [0.2, 0.25) is 0 Å². The number of nitrogens with two attached hydrogens (primary N) is 1. The van der Waals surface area contributed by atoms with Gasteiger partial charge in [-0.1, -0.05) is 39.0 Å². The molecule has 1 aliphatic heterocycles. The molecule has 2 aromatic rings. The van der Waals surface area contributed by atoms with Crippen molar-refractivity contribution < 1.29 is 23.5 Å². The first-order valence-electron chi connectivity index (χ1n) is 10.5. The zero-order valence-corrected chi connectivity index (χ0v) is 18.8. The van der Waals surface area contributed by atoms with Crippen LogP contribution in [0.5, 0.6) is 0 Å². The largest absolute Gasteiger partial charge is 0.376 e. The maximum absolute atomic E-state index is 14.6. The Morgan fingerprint density at radius 1 is 1.28 bits per heavy atom. The van der Waals surface area contributed by atoms with Gasteiger partial charge in [0.2, 0.25) is 11.8 Å². The molecule has 3 amide bonds. The Morgan fingerprint density at radius 2 is 1.97 bits per heavy atom. The Balaban J connectivity index is 1.82. The molecule has 0 spiro atoms. The molecule has 0 aliphatic carbocycles. The first-order valence-corrected chi connectivity index (χ1v) is 10.5. The number of carbonyl (C=O) groups excluding carboxylic acids is 3. The number of primary amides is 1. The number of nitrogens with one attached hydrogen (secondary N) is 1. The van der Waals surface area contributed by atoms with Gasteiger partial charge in [0.05, 0.1) is 12.1 Å². The standard InChI is InChI=1S/C22H30FN5O4/c1-22(2,3)9-10-25-21(31)18-19(32-4)14(23)11-27(18)16(29)12-28-15-8-6-5-7-13(15)17(26-28)20(24)30/h5-8,14,18-19H,9-12H2,1-4H3,(H2,24,30)(H,25,31)/t14-,18-,19+/m0/s1. The molecule has 3 N–H and O–H groups in total. The van der Waals surface area contributed by atoms with Gasteiger partial charge >= 0.3 is 0 Å². The van der Waals surface area contributed by atoms with E-state index in [1.807, 2.05) is 0 Å². The molecule has 10 heteroatoms. The Hall–Kier alpha value is -3.01. The molecule has 3 atom stereocenters. The number of hydrogen-bond acceptors (Lipinski definition) is 5. The molecule has 3 rings (SSSR count). The van der Waals surface area contributed by atoms with Crippen LogP contribution in [-0.4, -0.2) is 70.9 Å². The maximum atomic E-state index is 14.6. The van der Waals surface area contributed by atoms with Crippen LogP contribution in [0.4, 0.5) is 4.39 Å². The monoisotopic (exact) mass is 447 g/mol. The van der Waals surface area contributed by atoms with Crippen molar-refractivity contribution in [2.45, 2.75) is 52.1 Å². The summed E-state index contributed by atoms with van der Waals surface area (Å²) in [7, 11) is 1.32. The topological polar surface area (TPSA) is 120 Å².